The molecule has 0 aliphatic carbocycles. The molecule has 0 N–H and O–H groups in total. The third-order valence-corrected chi connectivity index (χ3v) is 1.99. The van der Waals surface area contributed by atoms with E-state index < -0.39 is 5.82 Å². The largest absolute Gasteiger partial charge is 0.301 e. The Bertz CT molecular complexity index is 476. The van der Waals surface area contributed by atoms with Gasteiger partial charge in [-0.2, -0.15) is 0 Å². The Balaban J connectivity index is 2.91. The smallest absolute Gasteiger partial charge is 0.174 e. The fourth-order valence-corrected chi connectivity index (χ4v) is 1.28. The summed E-state index contributed by atoms with van der Waals surface area (Å²) in [5, 5.41) is 0. The van der Waals surface area contributed by atoms with E-state index in [4.69, 9.17) is 0 Å². The van der Waals surface area contributed by atoms with E-state index in [1.165, 1.54) is 6.07 Å². The lowest BCUT2D eigenvalue weighted by Crippen LogP contribution is -1.89. The second-order valence-corrected chi connectivity index (χ2v) is 2.75. The molecule has 0 saturated heterocycles. The van der Waals surface area contributed by atoms with Crippen molar-refractivity contribution in [2.75, 3.05) is 0 Å². The van der Waals surface area contributed by atoms with Crippen LogP contribution in [0.3, 0.4) is 0 Å². The van der Waals surface area contributed by atoms with Gasteiger partial charge in [-0.05, 0) is 19.1 Å². The number of fused-ring (bicyclic) bond motifs is 1. The zero-order chi connectivity index (χ0) is 9.42. The molecule has 3 nitrogen and oxygen atoms in total. The summed E-state index contributed by atoms with van der Waals surface area (Å²) in [6.07, 6.45) is 2.30. The van der Waals surface area contributed by atoms with Crippen molar-refractivity contribution < 1.29 is 9.18 Å². The molecule has 0 spiro atoms. The third kappa shape index (κ3) is 1.02. The summed E-state index contributed by atoms with van der Waals surface area (Å²) >= 11 is 0. The summed E-state index contributed by atoms with van der Waals surface area (Å²) < 4.78 is 14.7. The van der Waals surface area contributed by atoms with E-state index in [0.29, 0.717) is 12.0 Å². The standard InChI is InChI=1S/C9H7FN2O/c1-6-8(5-13)11-9-7(10)3-2-4-12(6)9/h2-5H,1H3. The number of rotatable bonds is 1. The molecule has 2 aromatic heterocycles. The Kier molecular flexibility index (Phi) is 1.62. The lowest BCUT2D eigenvalue weighted by molar-refractivity contribution is 0.111. The van der Waals surface area contributed by atoms with Gasteiger partial charge in [-0.25, -0.2) is 9.37 Å². The Morgan fingerprint density at radius 3 is 3.00 bits per heavy atom. The predicted octanol–water partition coefficient (Wildman–Crippen LogP) is 1.59. The van der Waals surface area contributed by atoms with Crippen LogP contribution < -0.4 is 0 Å². The Morgan fingerprint density at radius 2 is 2.38 bits per heavy atom. The van der Waals surface area contributed by atoms with Crippen molar-refractivity contribution in [2.24, 2.45) is 0 Å². The van der Waals surface area contributed by atoms with E-state index >= 15 is 0 Å². The summed E-state index contributed by atoms with van der Waals surface area (Å²) in [6.45, 7) is 1.73. The van der Waals surface area contributed by atoms with Crippen molar-refractivity contribution in [3.05, 3.63) is 35.5 Å². The molecule has 4 heteroatoms. The number of imidazole rings is 1. The fraction of sp³-hybridized carbons (Fsp3) is 0.111. The van der Waals surface area contributed by atoms with Gasteiger partial charge in [0.05, 0.1) is 5.69 Å². The highest BCUT2D eigenvalue weighted by atomic mass is 19.1. The molecule has 0 radical (unpaired) electrons. The van der Waals surface area contributed by atoms with Crippen LogP contribution in [0.4, 0.5) is 4.39 Å². The first kappa shape index (κ1) is 7.91. The molecular weight excluding hydrogens is 171 g/mol. The minimum atomic E-state index is -0.418. The number of carbonyl (C=O) groups is 1. The highest BCUT2D eigenvalue weighted by Crippen LogP contribution is 2.12. The number of aromatic nitrogens is 2. The van der Waals surface area contributed by atoms with Crippen LogP contribution in [0.5, 0.6) is 0 Å². The Labute approximate surface area is 73.8 Å². The van der Waals surface area contributed by atoms with E-state index in [1.54, 1.807) is 23.6 Å². The molecule has 0 atom stereocenters. The molecule has 0 fully saturated rings. The lowest BCUT2D eigenvalue weighted by Gasteiger charge is -1.94. The second kappa shape index (κ2) is 2.65. The molecule has 0 aliphatic heterocycles. The highest BCUT2D eigenvalue weighted by molar-refractivity contribution is 5.75. The van der Waals surface area contributed by atoms with Gasteiger partial charge in [-0.15, -0.1) is 0 Å². The van der Waals surface area contributed by atoms with Crippen LogP contribution in [0.2, 0.25) is 0 Å². The number of halogens is 1. The zero-order valence-corrected chi connectivity index (χ0v) is 6.99. The van der Waals surface area contributed by atoms with E-state index in [2.05, 4.69) is 4.98 Å². The van der Waals surface area contributed by atoms with Crippen LogP contribution in [-0.2, 0) is 0 Å². The summed E-state index contributed by atoms with van der Waals surface area (Å²) in [7, 11) is 0. The van der Waals surface area contributed by atoms with Crippen molar-refractivity contribution in [3.63, 3.8) is 0 Å². The number of carbonyl (C=O) groups excluding carboxylic acids is 1. The number of aryl methyl sites for hydroxylation is 1. The van der Waals surface area contributed by atoms with Gasteiger partial charge in [0.15, 0.2) is 17.8 Å². The van der Waals surface area contributed by atoms with Gasteiger partial charge in [0.25, 0.3) is 0 Å². The van der Waals surface area contributed by atoms with Crippen LogP contribution in [0, 0.1) is 12.7 Å². The van der Waals surface area contributed by atoms with Crippen LogP contribution in [0.15, 0.2) is 18.3 Å². The number of pyridine rings is 1. The second-order valence-electron chi connectivity index (χ2n) is 2.75. The molecule has 0 aromatic carbocycles. The molecular formula is C9H7FN2O. The minimum absolute atomic E-state index is 0.196. The predicted molar refractivity (Wildman–Crippen MR) is 45.3 cm³/mol. The van der Waals surface area contributed by atoms with Crippen molar-refractivity contribution in [3.8, 4) is 0 Å². The maximum Gasteiger partial charge on any atom is 0.174 e. The average molecular weight is 178 g/mol. The average Bonchev–Trinajstić information content (AvgIpc) is 2.45. The minimum Gasteiger partial charge on any atom is -0.301 e. The normalized spacial score (nSPS) is 10.6. The quantitative estimate of drug-likeness (QED) is 0.621. The summed E-state index contributed by atoms with van der Waals surface area (Å²) in [5.74, 6) is -0.418. The van der Waals surface area contributed by atoms with Gasteiger partial charge >= 0.3 is 0 Å². The fourth-order valence-electron chi connectivity index (χ4n) is 1.28. The molecule has 0 aliphatic rings. The van der Waals surface area contributed by atoms with E-state index in [0.717, 1.165) is 0 Å². The number of aldehydes is 1. The molecule has 0 unspecified atom stereocenters. The van der Waals surface area contributed by atoms with Gasteiger partial charge < -0.3 is 4.40 Å². The van der Waals surface area contributed by atoms with E-state index in [1.807, 2.05) is 0 Å². The zero-order valence-electron chi connectivity index (χ0n) is 6.99. The van der Waals surface area contributed by atoms with Gasteiger partial charge in [-0.1, -0.05) is 0 Å². The molecule has 0 bridgehead atoms. The Morgan fingerprint density at radius 1 is 1.62 bits per heavy atom. The molecule has 2 aromatic rings. The van der Waals surface area contributed by atoms with Crippen LogP contribution in [0.1, 0.15) is 16.2 Å². The molecule has 2 rings (SSSR count). The Hall–Kier alpha value is -1.71. The van der Waals surface area contributed by atoms with E-state index in [-0.39, 0.29) is 11.3 Å². The monoisotopic (exact) mass is 178 g/mol. The topological polar surface area (TPSA) is 34.4 Å². The maximum absolute atomic E-state index is 13.1. The third-order valence-electron chi connectivity index (χ3n) is 1.99. The van der Waals surface area contributed by atoms with Gasteiger partial charge in [0, 0.05) is 6.20 Å². The van der Waals surface area contributed by atoms with Crippen LogP contribution >= 0.6 is 0 Å². The number of nitrogens with zero attached hydrogens (tertiary/aromatic N) is 2. The molecule has 0 saturated carbocycles. The van der Waals surface area contributed by atoms with Gasteiger partial charge in [0.1, 0.15) is 5.69 Å². The van der Waals surface area contributed by atoms with Gasteiger partial charge in [0.2, 0.25) is 0 Å². The first-order valence-corrected chi connectivity index (χ1v) is 3.82. The first-order valence-electron chi connectivity index (χ1n) is 3.82. The SMILES string of the molecule is Cc1c(C=O)nc2c(F)cccn12. The molecule has 2 heterocycles. The van der Waals surface area contributed by atoms with Crippen molar-refractivity contribution in [2.45, 2.75) is 6.92 Å². The van der Waals surface area contributed by atoms with Crippen molar-refractivity contribution in [1.29, 1.82) is 0 Å². The number of hydrogen-bond donors (Lipinski definition) is 0. The summed E-state index contributed by atoms with van der Waals surface area (Å²) in [6, 6.07) is 2.89. The summed E-state index contributed by atoms with van der Waals surface area (Å²) in [4.78, 5) is 14.4. The van der Waals surface area contributed by atoms with Crippen molar-refractivity contribution in [1.82, 2.24) is 9.38 Å². The highest BCUT2D eigenvalue weighted by Gasteiger charge is 2.09. The van der Waals surface area contributed by atoms with Crippen LogP contribution in [-0.4, -0.2) is 15.7 Å². The number of hydrogen-bond acceptors (Lipinski definition) is 2. The molecule has 66 valence electrons. The summed E-state index contributed by atoms with van der Waals surface area (Å²) in [5.41, 5.74) is 1.14. The van der Waals surface area contributed by atoms with Gasteiger partial charge in [-0.3, -0.25) is 4.79 Å². The maximum atomic E-state index is 13.1. The lowest BCUT2D eigenvalue weighted by atomic mass is 10.4. The first-order chi connectivity index (χ1) is 6.24. The molecule has 0 amide bonds. The molecule has 13 heavy (non-hydrogen) atoms. The van der Waals surface area contributed by atoms with Crippen molar-refractivity contribution >= 4 is 11.9 Å². The van der Waals surface area contributed by atoms with E-state index in [9.17, 15) is 9.18 Å². The van der Waals surface area contributed by atoms with Crippen LogP contribution in [0.25, 0.3) is 5.65 Å².